The van der Waals surface area contributed by atoms with Crippen molar-refractivity contribution in [1.29, 1.82) is 0 Å². The van der Waals surface area contributed by atoms with Crippen LogP contribution in [0.1, 0.15) is 25.8 Å². The van der Waals surface area contributed by atoms with Crippen LogP contribution in [0.4, 0.5) is 5.69 Å². The average molecular weight is 192 g/mol. The molecular formula is C12H20N2. The molecule has 0 aromatic heterocycles. The molecule has 0 fully saturated rings. The van der Waals surface area contributed by atoms with E-state index in [9.17, 15) is 0 Å². The second-order valence-electron chi connectivity index (χ2n) is 3.91. The van der Waals surface area contributed by atoms with Crippen LogP contribution in [0.2, 0.25) is 0 Å². The third-order valence-corrected chi connectivity index (χ3v) is 2.75. The van der Waals surface area contributed by atoms with Crippen LogP contribution >= 0.6 is 0 Å². The molecule has 1 unspecified atom stereocenters. The molecule has 0 spiro atoms. The van der Waals surface area contributed by atoms with Crippen LogP contribution < -0.4 is 5.73 Å². The highest BCUT2D eigenvalue weighted by atomic mass is 15.1. The summed E-state index contributed by atoms with van der Waals surface area (Å²) in [5.41, 5.74) is 7.78. The molecule has 0 heterocycles. The Balaban J connectivity index is 2.56. The van der Waals surface area contributed by atoms with Crippen LogP contribution in [-0.4, -0.2) is 18.0 Å². The van der Waals surface area contributed by atoms with Crippen molar-refractivity contribution in [2.75, 3.05) is 12.8 Å². The Labute approximate surface area is 86.7 Å². The van der Waals surface area contributed by atoms with E-state index in [0.717, 1.165) is 12.2 Å². The van der Waals surface area contributed by atoms with Crippen molar-refractivity contribution in [3.05, 3.63) is 29.8 Å². The third kappa shape index (κ3) is 3.04. The molecule has 14 heavy (non-hydrogen) atoms. The summed E-state index contributed by atoms with van der Waals surface area (Å²) in [4.78, 5) is 2.35. The maximum atomic E-state index is 5.63. The van der Waals surface area contributed by atoms with Gasteiger partial charge in [-0.1, -0.05) is 19.1 Å². The summed E-state index contributed by atoms with van der Waals surface area (Å²) in [5, 5.41) is 0. The summed E-state index contributed by atoms with van der Waals surface area (Å²) in [7, 11) is 2.16. The molecule has 1 atom stereocenters. The number of hydrogen-bond donors (Lipinski definition) is 1. The molecular weight excluding hydrogens is 172 g/mol. The van der Waals surface area contributed by atoms with Crippen LogP contribution in [0.5, 0.6) is 0 Å². The zero-order chi connectivity index (χ0) is 10.6. The first kappa shape index (κ1) is 11.1. The largest absolute Gasteiger partial charge is 0.399 e. The van der Waals surface area contributed by atoms with E-state index in [1.54, 1.807) is 0 Å². The molecule has 1 rings (SSSR count). The van der Waals surface area contributed by atoms with E-state index in [1.165, 1.54) is 12.0 Å². The van der Waals surface area contributed by atoms with Crippen LogP contribution in [-0.2, 0) is 6.54 Å². The van der Waals surface area contributed by atoms with Crippen molar-refractivity contribution in [1.82, 2.24) is 4.90 Å². The van der Waals surface area contributed by atoms with E-state index in [1.807, 2.05) is 12.1 Å². The minimum absolute atomic E-state index is 0.632. The molecule has 1 aromatic carbocycles. The smallest absolute Gasteiger partial charge is 0.0314 e. The van der Waals surface area contributed by atoms with Crippen molar-refractivity contribution in [2.24, 2.45) is 0 Å². The summed E-state index contributed by atoms with van der Waals surface area (Å²) in [5.74, 6) is 0. The molecule has 2 nitrogen and oxygen atoms in total. The lowest BCUT2D eigenvalue weighted by molar-refractivity contribution is 0.244. The highest BCUT2D eigenvalue weighted by Crippen LogP contribution is 2.10. The predicted molar refractivity (Wildman–Crippen MR) is 62.1 cm³/mol. The Morgan fingerprint density at radius 1 is 1.29 bits per heavy atom. The lowest BCUT2D eigenvalue weighted by Gasteiger charge is -2.23. The summed E-state index contributed by atoms with van der Waals surface area (Å²) in [6.45, 7) is 5.46. The SMILES string of the molecule is CCC(C)N(C)Cc1ccc(N)cc1. The van der Waals surface area contributed by atoms with Gasteiger partial charge in [0.2, 0.25) is 0 Å². The van der Waals surface area contributed by atoms with Crippen LogP contribution in [0.3, 0.4) is 0 Å². The number of anilines is 1. The van der Waals surface area contributed by atoms with Gasteiger partial charge >= 0.3 is 0 Å². The topological polar surface area (TPSA) is 29.3 Å². The van der Waals surface area contributed by atoms with Gasteiger partial charge in [-0.05, 0) is 38.1 Å². The molecule has 0 aliphatic rings. The molecule has 0 bridgehead atoms. The van der Waals surface area contributed by atoms with E-state index in [4.69, 9.17) is 5.73 Å². The van der Waals surface area contributed by atoms with Gasteiger partial charge in [-0.3, -0.25) is 4.90 Å². The van der Waals surface area contributed by atoms with E-state index in [-0.39, 0.29) is 0 Å². The van der Waals surface area contributed by atoms with Gasteiger partial charge in [0, 0.05) is 18.3 Å². The van der Waals surface area contributed by atoms with E-state index >= 15 is 0 Å². The van der Waals surface area contributed by atoms with Gasteiger partial charge in [0.25, 0.3) is 0 Å². The molecule has 0 amide bonds. The summed E-state index contributed by atoms with van der Waals surface area (Å²) < 4.78 is 0. The highest BCUT2D eigenvalue weighted by Gasteiger charge is 2.06. The fourth-order valence-electron chi connectivity index (χ4n) is 1.38. The molecule has 0 saturated carbocycles. The van der Waals surface area contributed by atoms with E-state index in [0.29, 0.717) is 6.04 Å². The van der Waals surface area contributed by atoms with Crippen molar-refractivity contribution in [3.63, 3.8) is 0 Å². The summed E-state index contributed by atoms with van der Waals surface area (Å²) >= 11 is 0. The molecule has 78 valence electrons. The maximum absolute atomic E-state index is 5.63. The monoisotopic (exact) mass is 192 g/mol. The Kier molecular flexibility index (Phi) is 3.96. The number of nitrogens with zero attached hydrogens (tertiary/aromatic N) is 1. The zero-order valence-electron chi connectivity index (χ0n) is 9.33. The normalized spacial score (nSPS) is 13.1. The highest BCUT2D eigenvalue weighted by molar-refractivity contribution is 5.39. The van der Waals surface area contributed by atoms with Crippen LogP contribution in [0.15, 0.2) is 24.3 Å². The Hall–Kier alpha value is -1.02. The minimum Gasteiger partial charge on any atom is -0.399 e. The lowest BCUT2D eigenvalue weighted by atomic mass is 10.1. The first-order valence-corrected chi connectivity index (χ1v) is 5.18. The molecule has 0 aliphatic heterocycles. The Morgan fingerprint density at radius 2 is 1.86 bits per heavy atom. The van der Waals surface area contributed by atoms with Crippen molar-refractivity contribution in [3.8, 4) is 0 Å². The number of nitrogen functional groups attached to an aromatic ring is 1. The van der Waals surface area contributed by atoms with Gasteiger partial charge in [0.15, 0.2) is 0 Å². The lowest BCUT2D eigenvalue weighted by Crippen LogP contribution is -2.27. The van der Waals surface area contributed by atoms with Gasteiger partial charge < -0.3 is 5.73 Å². The fourth-order valence-corrected chi connectivity index (χ4v) is 1.38. The number of nitrogens with two attached hydrogens (primary N) is 1. The predicted octanol–water partition coefficient (Wildman–Crippen LogP) is 2.50. The minimum atomic E-state index is 0.632. The van der Waals surface area contributed by atoms with Gasteiger partial charge in [-0.25, -0.2) is 0 Å². The zero-order valence-corrected chi connectivity index (χ0v) is 9.33. The summed E-state index contributed by atoms with van der Waals surface area (Å²) in [6.07, 6.45) is 1.19. The Morgan fingerprint density at radius 3 is 2.36 bits per heavy atom. The van der Waals surface area contributed by atoms with E-state index in [2.05, 4.69) is 37.9 Å². The molecule has 0 aliphatic carbocycles. The van der Waals surface area contributed by atoms with Gasteiger partial charge in [-0.15, -0.1) is 0 Å². The van der Waals surface area contributed by atoms with Gasteiger partial charge in [0.05, 0.1) is 0 Å². The quantitative estimate of drug-likeness (QED) is 0.743. The summed E-state index contributed by atoms with van der Waals surface area (Å²) in [6, 6.07) is 8.73. The molecule has 2 heteroatoms. The fraction of sp³-hybridized carbons (Fsp3) is 0.500. The van der Waals surface area contributed by atoms with Crippen molar-refractivity contribution in [2.45, 2.75) is 32.9 Å². The molecule has 0 saturated heterocycles. The van der Waals surface area contributed by atoms with Crippen LogP contribution in [0.25, 0.3) is 0 Å². The van der Waals surface area contributed by atoms with Crippen molar-refractivity contribution < 1.29 is 0 Å². The molecule has 0 radical (unpaired) electrons. The maximum Gasteiger partial charge on any atom is 0.0314 e. The van der Waals surface area contributed by atoms with Crippen LogP contribution in [0, 0.1) is 0 Å². The number of benzene rings is 1. The molecule has 2 N–H and O–H groups in total. The standard InChI is InChI=1S/C12H20N2/c1-4-10(2)14(3)9-11-5-7-12(13)8-6-11/h5-8,10H,4,9,13H2,1-3H3. The molecule has 1 aromatic rings. The number of hydrogen-bond acceptors (Lipinski definition) is 2. The first-order valence-electron chi connectivity index (χ1n) is 5.18. The Bertz CT molecular complexity index is 266. The van der Waals surface area contributed by atoms with Crippen molar-refractivity contribution >= 4 is 5.69 Å². The second kappa shape index (κ2) is 5.01. The first-order chi connectivity index (χ1) is 6.63. The van der Waals surface area contributed by atoms with E-state index < -0.39 is 0 Å². The average Bonchev–Trinajstić information content (AvgIpc) is 2.20. The van der Waals surface area contributed by atoms with Gasteiger partial charge in [-0.2, -0.15) is 0 Å². The third-order valence-electron chi connectivity index (χ3n) is 2.75. The second-order valence-corrected chi connectivity index (χ2v) is 3.91. The van der Waals surface area contributed by atoms with Gasteiger partial charge in [0.1, 0.15) is 0 Å². The number of rotatable bonds is 4.